The van der Waals surface area contributed by atoms with Crippen LogP contribution in [0.5, 0.6) is 0 Å². The predicted octanol–water partition coefficient (Wildman–Crippen LogP) is 1.92. The van der Waals surface area contributed by atoms with Crippen LogP contribution >= 0.6 is 0 Å². The van der Waals surface area contributed by atoms with Crippen molar-refractivity contribution in [2.45, 2.75) is 64.0 Å². The van der Waals surface area contributed by atoms with Crippen LogP contribution in [0.4, 0.5) is 0 Å². The van der Waals surface area contributed by atoms with Gasteiger partial charge in [-0.2, -0.15) is 0 Å². The number of nitrogens with zero attached hydrogens (tertiary/aromatic N) is 1. The molecule has 106 valence electrons. The first-order valence-electron chi connectivity index (χ1n) is 7.12. The summed E-state index contributed by atoms with van der Waals surface area (Å²) in [6.45, 7) is 6.38. The second kappa shape index (κ2) is 7.10. The number of nitrogens with two attached hydrogens (primary N) is 1. The van der Waals surface area contributed by atoms with Gasteiger partial charge in [0, 0.05) is 6.04 Å². The molecule has 0 bridgehead atoms. The van der Waals surface area contributed by atoms with Crippen LogP contribution in [0, 0.1) is 0 Å². The Bertz CT molecular complexity index is 267. The summed E-state index contributed by atoms with van der Waals surface area (Å²) in [5, 5.41) is 0. The lowest BCUT2D eigenvalue weighted by Gasteiger charge is -2.25. The zero-order chi connectivity index (χ0) is 13.6. The van der Waals surface area contributed by atoms with Gasteiger partial charge in [-0.25, -0.2) is 0 Å². The minimum Gasteiger partial charge on any atom is -0.468 e. The van der Waals surface area contributed by atoms with Gasteiger partial charge in [-0.05, 0) is 58.5 Å². The molecule has 1 aliphatic rings. The van der Waals surface area contributed by atoms with Crippen molar-refractivity contribution in [2.24, 2.45) is 5.73 Å². The van der Waals surface area contributed by atoms with Crippen LogP contribution < -0.4 is 5.73 Å². The van der Waals surface area contributed by atoms with E-state index < -0.39 is 5.54 Å². The van der Waals surface area contributed by atoms with Crippen LogP contribution in [0.1, 0.15) is 52.4 Å². The number of esters is 1. The first kappa shape index (κ1) is 15.4. The van der Waals surface area contributed by atoms with Gasteiger partial charge in [-0.3, -0.25) is 4.79 Å². The number of hydrogen-bond acceptors (Lipinski definition) is 4. The number of methoxy groups -OCH3 is 1. The fourth-order valence-corrected chi connectivity index (χ4v) is 2.79. The average molecular weight is 256 g/mol. The van der Waals surface area contributed by atoms with E-state index in [-0.39, 0.29) is 5.97 Å². The Balaban J connectivity index is 2.20. The molecule has 0 aromatic heterocycles. The van der Waals surface area contributed by atoms with Crippen molar-refractivity contribution in [3.63, 3.8) is 0 Å². The lowest BCUT2D eigenvalue weighted by molar-refractivity contribution is -0.146. The van der Waals surface area contributed by atoms with E-state index in [0.29, 0.717) is 6.42 Å². The standard InChI is InChI=1S/C14H28N2O2/c1-4-12-8-7-11-16(12)10-6-5-9-14(2,15)13(17)18-3/h12H,4-11,15H2,1-3H3. The summed E-state index contributed by atoms with van der Waals surface area (Å²) in [6.07, 6.45) is 6.71. The molecule has 1 fully saturated rings. The molecule has 1 aliphatic heterocycles. The fourth-order valence-electron chi connectivity index (χ4n) is 2.79. The Morgan fingerprint density at radius 2 is 2.22 bits per heavy atom. The van der Waals surface area contributed by atoms with Gasteiger partial charge in [-0.15, -0.1) is 0 Å². The Morgan fingerprint density at radius 1 is 1.50 bits per heavy atom. The monoisotopic (exact) mass is 256 g/mol. The van der Waals surface area contributed by atoms with Crippen molar-refractivity contribution in [3.05, 3.63) is 0 Å². The van der Waals surface area contributed by atoms with E-state index in [4.69, 9.17) is 10.5 Å². The van der Waals surface area contributed by atoms with Gasteiger partial charge in [0.2, 0.25) is 0 Å². The molecule has 2 unspecified atom stereocenters. The van der Waals surface area contributed by atoms with E-state index in [1.165, 1.54) is 32.9 Å². The summed E-state index contributed by atoms with van der Waals surface area (Å²) in [5.41, 5.74) is 5.10. The van der Waals surface area contributed by atoms with Crippen molar-refractivity contribution >= 4 is 5.97 Å². The zero-order valence-electron chi connectivity index (χ0n) is 12.1. The molecule has 0 amide bonds. The van der Waals surface area contributed by atoms with E-state index in [1.54, 1.807) is 6.92 Å². The van der Waals surface area contributed by atoms with Crippen molar-refractivity contribution in [1.29, 1.82) is 0 Å². The van der Waals surface area contributed by atoms with E-state index in [9.17, 15) is 4.79 Å². The Morgan fingerprint density at radius 3 is 2.83 bits per heavy atom. The smallest absolute Gasteiger partial charge is 0.325 e. The van der Waals surface area contributed by atoms with Crippen molar-refractivity contribution in [2.75, 3.05) is 20.2 Å². The maximum Gasteiger partial charge on any atom is 0.325 e. The van der Waals surface area contributed by atoms with E-state index in [0.717, 1.165) is 25.4 Å². The molecule has 0 saturated carbocycles. The lowest BCUT2D eigenvalue weighted by Crippen LogP contribution is -2.45. The maximum atomic E-state index is 11.4. The third kappa shape index (κ3) is 4.25. The third-order valence-corrected chi connectivity index (χ3v) is 4.01. The number of hydrogen-bond donors (Lipinski definition) is 1. The first-order valence-corrected chi connectivity index (χ1v) is 7.12. The Labute approximate surface area is 111 Å². The molecule has 0 aromatic carbocycles. The van der Waals surface area contributed by atoms with Crippen molar-refractivity contribution < 1.29 is 9.53 Å². The average Bonchev–Trinajstić information content (AvgIpc) is 2.80. The van der Waals surface area contributed by atoms with Crippen LogP contribution in [0.25, 0.3) is 0 Å². The maximum absolute atomic E-state index is 11.4. The topological polar surface area (TPSA) is 55.6 Å². The molecule has 4 nitrogen and oxygen atoms in total. The van der Waals surface area contributed by atoms with Crippen LogP contribution in [-0.2, 0) is 9.53 Å². The van der Waals surface area contributed by atoms with Crippen LogP contribution in [0.3, 0.4) is 0 Å². The molecule has 4 heteroatoms. The van der Waals surface area contributed by atoms with Gasteiger partial charge in [0.15, 0.2) is 0 Å². The largest absolute Gasteiger partial charge is 0.468 e. The molecule has 2 atom stereocenters. The van der Waals surface area contributed by atoms with Gasteiger partial charge in [0.1, 0.15) is 5.54 Å². The molecular weight excluding hydrogens is 228 g/mol. The zero-order valence-corrected chi connectivity index (χ0v) is 12.1. The highest BCUT2D eigenvalue weighted by Crippen LogP contribution is 2.21. The predicted molar refractivity (Wildman–Crippen MR) is 73.3 cm³/mol. The summed E-state index contributed by atoms with van der Waals surface area (Å²) >= 11 is 0. The number of ether oxygens (including phenoxy) is 1. The molecule has 1 saturated heterocycles. The van der Waals surface area contributed by atoms with Crippen LogP contribution in [-0.4, -0.2) is 42.6 Å². The normalized spacial score (nSPS) is 23.9. The molecule has 2 N–H and O–H groups in total. The van der Waals surface area contributed by atoms with Crippen LogP contribution in [0.2, 0.25) is 0 Å². The van der Waals surface area contributed by atoms with Gasteiger partial charge in [0.05, 0.1) is 7.11 Å². The minimum atomic E-state index is -0.829. The van der Waals surface area contributed by atoms with Crippen molar-refractivity contribution in [3.8, 4) is 0 Å². The first-order chi connectivity index (χ1) is 8.51. The highest BCUT2D eigenvalue weighted by molar-refractivity contribution is 5.79. The summed E-state index contributed by atoms with van der Waals surface area (Å²) < 4.78 is 4.71. The van der Waals surface area contributed by atoms with Gasteiger partial charge >= 0.3 is 5.97 Å². The molecule has 0 spiro atoms. The summed E-state index contributed by atoms with van der Waals surface area (Å²) in [5.74, 6) is -0.310. The van der Waals surface area contributed by atoms with Gasteiger partial charge in [0.25, 0.3) is 0 Å². The number of unbranched alkanes of at least 4 members (excludes halogenated alkanes) is 1. The molecule has 0 radical (unpaired) electrons. The number of likely N-dealkylation sites (tertiary alicyclic amines) is 1. The minimum absolute atomic E-state index is 0.310. The fraction of sp³-hybridized carbons (Fsp3) is 0.929. The summed E-state index contributed by atoms with van der Waals surface area (Å²) in [6, 6.07) is 0.773. The lowest BCUT2D eigenvalue weighted by atomic mass is 9.96. The quantitative estimate of drug-likeness (QED) is 0.558. The highest BCUT2D eigenvalue weighted by atomic mass is 16.5. The number of rotatable bonds is 7. The number of carbonyl (C=O) groups excluding carboxylic acids is 1. The van der Waals surface area contributed by atoms with Gasteiger partial charge < -0.3 is 15.4 Å². The third-order valence-electron chi connectivity index (χ3n) is 4.01. The Hall–Kier alpha value is -0.610. The highest BCUT2D eigenvalue weighted by Gasteiger charge is 2.29. The second-order valence-corrected chi connectivity index (χ2v) is 5.61. The molecule has 1 rings (SSSR count). The molecular formula is C14H28N2O2. The SMILES string of the molecule is CCC1CCCN1CCCCC(C)(N)C(=O)OC. The van der Waals surface area contributed by atoms with Crippen molar-refractivity contribution in [1.82, 2.24) is 4.90 Å². The van der Waals surface area contributed by atoms with Crippen LogP contribution in [0.15, 0.2) is 0 Å². The van der Waals surface area contributed by atoms with E-state index in [1.807, 2.05) is 0 Å². The summed E-state index contributed by atoms with van der Waals surface area (Å²) in [4.78, 5) is 14.0. The van der Waals surface area contributed by atoms with E-state index >= 15 is 0 Å². The number of carbonyl (C=O) groups is 1. The Kier molecular flexibility index (Phi) is 6.09. The molecule has 0 aliphatic carbocycles. The van der Waals surface area contributed by atoms with Gasteiger partial charge in [-0.1, -0.05) is 6.92 Å². The van der Waals surface area contributed by atoms with E-state index in [2.05, 4.69) is 11.8 Å². The second-order valence-electron chi connectivity index (χ2n) is 5.61. The summed E-state index contributed by atoms with van der Waals surface area (Å²) in [7, 11) is 1.39. The molecule has 1 heterocycles. The molecule has 0 aromatic rings. The molecule has 18 heavy (non-hydrogen) atoms.